The molecule has 2 aromatic heterocycles. The van der Waals surface area contributed by atoms with E-state index >= 15 is 0 Å². The standard InChI is InChI=1S/C16H20N6/c17-8-13(14-5-1-2-7-20-14)15-10-19-11-16(22-15)21-12-4-3-6-18-9-12/h1-2,5,7-8,10-13,17-18H,3-4,6,9H2,(H,21,22). The summed E-state index contributed by atoms with van der Waals surface area (Å²) in [7, 11) is 0. The van der Waals surface area contributed by atoms with Crippen molar-refractivity contribution in [2.75, 3.05) is 18.4 Å². The summed E-state index contributed by atoms with van der Waals surface area (Å²) in [6, 6.07) is 6.07. The second-order valence-electron chi connectivity index (χ2n) is 5.42. The average Bonchev–Trinajstić information content (AvgIpc) is 2.58. The number of hydrogen-bond donors (Lipinski definition) is 3. The number of rotatable bonds is 5. The second-order valence-corrected chi connectivity index (χ2v) is 5.42. The molecule has 1 aliphatic rings. The van der Waals surface area contributed by atoms with Crippen molar-refractivity contribution in [2.45, 2.75) is 24.8 Å². The third-order valence-corrected chi connectivity index (χ3v) is 3.79. The predicted molar refractivity (Wildman–Crippen MR) is 86.4 cm³/mol. The topological polar surface area (TPSA) is 86.6 Å². The maximum atomic E-state index is 7.69. The van der Waals surface area contributed by atoms with Gasteiger partial charge in [-0.2, -0.15) is 0 Å². The Hall–Kier alpha value is -2.34. The Morgan fingerprint density at radius 3 is 3.00 bits per heavy atom. The van der Waals surface area contributed by atoms with Crippen LogP contribution in [-0.2, 0) is 0 Å². The van der Waals surface area contributed by atoms with Gasteiger partial charge >= 0.3 is 0 Å². The van der Waals surface area contributed by atoms with Crippen molar-refractivity contribution in [3.63, 3.8) is 0 Å². The lowest BCUT2D eigenvalue weighted by molar-refractivity contribution is 0.479. The molecule has 2 unspecified atom stereocenters. The van der Waals surface area contributed by atoms with Gasteiger partial charge in [-0.1, -0.05) is 6.07 Å². The Labute approximate surface area is 129 Å². The molecule has 22 heavy (non-hydrogen) atoms. The van der Waals surface area contributed by atoms with E-state index in [9.17, 15) is 0 Å². The van der Waals surface area contributed by atoms with Crippen LogP contribution >= 0.6 is 0 Å². The average molecular weight is 296 g/mol. The van der Waals surface area contributed by atoms with Crippen LogP contribution in [0, 0.1) is 5.41 Å². The van der Waals surface area contributed by atoms with Crippen LogP contribution in [0.15, 0.2) is 36.8 Å². The summed E-state index contributed by atoms with van der Waals surface area (Å²) in [6.45, 7) is 2.03. The highest BCUT2D eigenvalue weighted by atomic mass is 15.1. The Bertz CT molecular complexity index is 609. The number of anilines is 1. The predicted octanol–water partition coefficient (Wildman–Crippen LogP) is 1.82. The minimum Gasteiger partial charge on any atom is -0.365 e. The summed E-state index contributed by atoms with van der Waals surface area (Å²) in [6.07, 6.45) is 8.83. The number of pyridine rings is 1. The fourth-order valence-corrected chi connectivity index (χ4v) is 2.67. The summed E-state index contributed by atoms with van der Waals surface area (Å²) in [5, 5.41) is 14.5. The molecule has 0 saturated carbocycles. The molecule has 1 fully saturated rings. The zero-order valence-corrected chi connectivity index (χ0v) is 12.4. The molecule has 0 radical (unpaired) electrons. The fourth-order valence-electron chi connectivity index (χ4n) is 2.67. The van der Waals surface area contributed by atoms with E-state index < -0.39 is 0 Å². The van der Waals surface area contributed by atoms with Crippen molar-refractivity contribution >= 4 is 12.0 Å². The molecule has 0 amide bonds. The number of piperidine rings is 1. The minimum atomic E-state index is -0.264. The highest BCUT2D eigenvalue weighted by Crippen LogP contribution is 2.20. The molecular weight excluding hydrogens is 276 g/mol. The zero-order valence-electron chi connectivity index (χ0n) is 12.4. The maximum absolute atomic E-state index is 7.69. The quantitative estimate of drug-likeness (QED) is 0.733. The van der Waals surface area contributed by atoms with Gasteiger partial charge in [0.05, 0.1) is 23.5 Å². The van der Waals surface area contributed by atoms with E-state index in [1.54, 1.807) is 18.6 Å². The summed E-state index contributed by atoms with van der Waals surface area (Å²) < 4.78 is 0. The molecule has 0 aromatic carbocycles. The third-order valence-electron chi connectivity index (χ3n) is 3.79. The van der Waals surface area contributed by atoms with Gasteiger partial charge < -0.3 is 16.0 Å². The number of hydrogen-bond acceptors (Lipinski definition) is 6. The Balaban J connectivity index is 1.78. The van der Waals surface area contributed by atoms with Crippen molar-refractivity contribution < 1.29 is 0 Å². The normalized spacial score (nSPS) is 19.4. The molecule has 6 heteroatoms. The first-order valence-corrected chi connectivity index (χ1v) is 7.57. The van der Waals surface area contributed by atoms with Crippen LogP contribution in [0.4, 0.5) is 5.82 Å². The van der Waals surface area contributed by atoms with Crippen LogP contribution in [-0.4, -0.2) is 40.3 Å². The van der Waals surface area contributed by atoms with Crippen LogP contribution in [0.25, 0.3) is 0 Å². The van der Waals surface area contributed by atoms with Crippen molar-refractivity contribution in [1.82, 2.24) is 20.3 Å². The fraction of sp³-hybridized carbons (Fsp3) is 0.375. The lowest BCUT2D eigenvalue weighted by atomic mass is 10.0. The summed E-state index contributed by atoms with van der Waals surface area (Å²) >= 11 is 0. The summed E-state index contributed by atoms with van der Waals surface area (Å²) in [4.78, 5) is 13.2. The van der Waals surface area contributed by atoms with E-state index in [-0.39, 0.29) is 5.92 Å². The van der Waals surface area contributed by atoms with Gasteiger partial charge in [0, 0.05) is 31.2 Å². The van der Waals surface area contributed by atoms with Crippen molar-refractivity contribution in [3.05, 3.63) is 48.2 Å². The molecule has 0 bridgehead atoms. The van der Waals surface area contributed by atoms with Crippen molar-refractivity contribution in [1.29, 1.82) is 5.41 Å². The number of aromatic nitrogens is 3. The van der Waals surface area contributed by atoms with Gasteiger partial charge in [0.25, 0.3) is 0 Å². The Morgan fingerprint density at radius 2 is 2.27 bits per heavy atom. The molecule has 1 aliphatic heterocycles. The smallest absolute Gasteiger partial charge is 0.145 e. The lowest BCUT2D eigenvalue weighted by Gasteiger charge is -2.24. The highest BCUT2D eigenvalue weighted by molar-refractivity contribution is 5.68. The van der Waals surface area contributed by atoms with Crippen LogP contribution in [0.1, 0.15) is 30.1 Å². The first kappa shape index (κ1) is 14.6. The van der Waals surface area contributed by atoms with E-state index in [0.29, 0.717) is 6.04 Å². The van der Waals surface area contributed by atoms with Gasteiger partial charge in [0.1, 0.15) is 5.82 Å². The first-order valence-electron chi connectivity index (χ1n) is 7.57. The van der Waals surface area contributed by atoms with Crippen LogP contribution < -0.4 is 10.6 Å². The van der Waals surface area contributed by atoms with Gasteiger partial charge in [0.2, 0.25) is 0 Å². The maximum Gasteiger partial charge on any atom is 0.145 e. The lowest BCUT2D eigenvalue weighted by Crippen LogP contribution is -2.38. The van der Waals surface area contributed by atoms with E-state index in [4.69, 9.17) is 5.41 Å². The highest BCUT2D eigenvalue weighted by Gasteiger charge is 2.17. The molecular formula is C16H20N6. The molecule has 0 spiro atoms. The molecule has 2 atom stereocenters. The molecule has 3 rings (SSSR count). The van der Waals surface area contributed by atoms with Gasteiger partial charge in [-0.15, -0.1) is 0 Å². The largest absolute Gasteiger partial charge is 0.365 e. The molecule has 114 valence electrons. The third kappa shape index (κ3) is 3.46. The van der Waals surface area contributed by atoms with E-state index in [1.165, 1.54) is 12.6 Å². The zero-order chi connectivity index (χ0) is 15.2. The molecule has 2 aromatic rings. The minimum absolute atomic E-state index is 0.264. The van der Waals surface area contributed by atoms with E-state index in [0.717, 1.165) is 36.7 Å². The second kappa shape index (κ2) is 7.09. The number of nitrogens with zero attached hydrogens (tertiary/aromatic N) is 3. The summed E-state index contributed by atoms with van der Waals surface area (Å²) in [5.74, 6) is 0.494. The van der Waals surface area contributed by atoms with Crippen LogP contribution in [0.5, 0.6) is 0 Å². The van der Waals surface area contributed by atoms with Crippen LogP contribution in [0.3, 0.4) is 0 Å². The molecule has 6 nitrogen and oxygen atoms in total. The summed E-state index contributed by atoms with van der Waals surface area (Å²) in [5.41, 5.74) is 1.55. The van der Waals surface area contributed by atoms with E-state index in [1.807, 2.05) is 18.2 Å². The molecule has 3 N–H and O–H groups in total. The molecule has 3 heterocycles. The van der Waals surface area contributed by atoms with Crippen LogP contribution in [0.2, 0.25) is 0 Å². The SMILES string of the molecule is N=CC(c1ccccn1)c1cncc(NC2CCCNC2)n1. The van der Waals surface area contributed by atoms with E-state index in [2.05, 4.69) is 25.6 Å². The van der Waals surface area contributed by atoms with Gasteiger partial charge in [-0.05, 0) is 31.5 Å². The van der Waals surface area contributed by atoms with Crippen molar-refractivity contribution in [3.8, 4) is 0 Å². The number of nitrogens with one attached hydrogen (secondary N) is 3. The van der Waals surface area contributed by atoms with Gasteiger partial charge in [-0.25, -0.2) is 4.98 Å². The van der Waals surface area contributed by atoms with Crippen molar-refractivity contribution in [2.24, 2.45) is 0 Å². The Kier molecular flexibility index (Phi) is 4.70. The molecule has 1 saturated heterocycles. The molecule has 0 aliphatic carbocycles. The Morgan fingerprint density at radius 1 is 1.32 bits per heavy atom. The van der Waals surface area contributed by atoms with Gasteiger partial charge in [0.15, 0.2) is 0 Å². The first-order chi connectivity index (χ1) is 10.9. The monoisotopic (exact) mass is 296 g/mol. The van der Waals surface area contributed by atoms with Gasteiger partial charge in [-0.3, -0.25) is 9.97 Å².